The van der Waals surface area contributed by atoms with Crippen molar-refractivity contribution in [2.24, 2.45) is 11.8 Å². The van der Waals surface area contributed by atoms with Crippen LogP contribution >= 0.6 is 11.8 Å². The van der Waals surface area contributed by atoms with Gasteiger partial charge in [-0.2, -0.15) is 0 Å². The Balaban J connectivity index is 1.10. The number of carbonyl (C=O) groups is 4. The molecule has 2 aromatic rings. The number of hydrogen-bond acceptors (Lipinski definition) is 6. The van der Waals surface area contributed by atoms with Crippen molar-refractivity contribution in [2.45, 2.75) is 49.7 Å². The number of rotatable bonds is 9. The molecule has 8 heteroatoms. The van der Waals surface area contributed by atoms with Crippen LogP contribution in [0.4, 0.5) is 0 Å². The summed E-state index contributed by atoms with van der Waals surface area (Å²) in [5.41, 5.74) is 4.79. The molecule has 1 atom stereocenters. The van der Waals surface area contributed by atoms with E-state index >= 15 is 0 Å². The van der Waals surface area contributed by atoms with E-state index in [0.29, 0.717) is 31.7 Å². The van der Waals surface area contributed by atoms with Crippen LogP contribution in [0.25, 0.3) is 11.1 Å². The molecule has 0 unspecified atom stereocenters. The Labute approximate surface area is 220 Å². The van der Waals surface area contributed by atoms with E-state index in [1.54, 1.807) is 0 Å². The summed E-state index contributed by atoms with van der Waals surface area (Å²) in [7, 11) is 0. The highest BCUT2D eigenvalue weighted by molar-refractivity contribution is 8.00. The Hall–Kier alpha value is -3.13. The molecule has 5 rings (SSSR count). The Kier molecular flexibility index (Phi) is 7.65. The number of nitrogens with zero attached hydrogens (tertiary/aromatic N) is 1. The summed E-state index contributed by atoms with van der Waals surface area (Å²) in [5, 5.41) is 8.31. The SMILES string of the molecule is O=C(O)CCS[C@H]1CC(=O)N(CC2CCC(C(=O)OCC3c4ccccc4-c4ccccc43)CC2)C1=O. The first kappa shape index (κ1) is 25.5. The zero-order valence-electron chi connectivity index (χ0n) is 20.6. The molecule has 2 amide bonds. The minimum absolute atomic E-state index is 0.0253. The van der Waals surface area contributed by atoms with Crippen molar-refractivity contribution in [1.82, 2.24) is 4.90 Å². The largest absolute Gasteiger partial charge is 0.481 e. The number of likely N-dealkylation sites (tertiary alicyclic amines) is 1. The number of thioether (sulfide) groups is 1. The summed E-state index contributed by atoms with van der Waals surface area (Å²) in [4.78, 5) is 50.1. The van der Waals surface area contributed by atoms with E-state index in [2.05, 4.69) is 24.3 Å². The number of ether oxygens (including phenoxy) is 1. The summed E-state index contributed by atoms with van der Waals surface area (Å²) in [6, 6.07) is 16.5. The Bertz CT molecular complexity index is 1160. The van der Waals surface area contributed by atoms with Gasteiger partial charge in [-0.05, 0) is 53.9 Å². The van der Waals surface area contributed by atoms with Crippen molar-refractivity contribution in [3.8, 4) is 11.1 Å². The van der Waals surface area contributed by atoms with Crippen LogP contribution in [0.2, 0.25) is 0 Å². The molecule has 2 aliphatic carbocycles. The second kappa shape index (κ2) is 11.1. The van der Waals surface area contributed by atoms with Crippen molar-refractivity contribution < 1.29 is 29.0 Å². The van der Waals surface area contributed by atoms with E-state index in [9.17, 15) is 19.2 Å². The number of benzene rings is 2. The molecule has 1 saturated carbocycles. The molecule has 2 fully saturated rings. The third kappa shape index (κ3) is 5.44. The third-order valence-corrected chi connectivity index (χ3v) is 9.02. The highest BCUT2D eigenvalue weighted by Gasteiger charge is 2.40. The number of carbonyl (C=O) groups excluding carboxylic acids is 3. The third-order valence-electron chi connectivity index (χ3n) is 7.81. The van der Waals surface area contributed by atoms with Gasteiger partial charge in [-0.1, -0.05) is 48.5 Å². The Morgan fingerprint density at radius 2 is 1.57 bits per heavy atom. The molecule has 2 aromatic carbocycles. The first-order chi connectivity index (χ1) is 17.9. The number of fused-ring (bicyclic) bond motifs is 3. The minimum atomic E-state index is -0.908. The summed E-state index contributed by atoms with van der Waals surface area (Å²) in [6.45, 7) is 0.704. The first-order valence-electron chi connectivity index (χ1n) is 12.9. The zero-order chi connectivity index (χ0) is 25.9. The van der Waals surface area contributed by atoms with Gasteiger partial charge in [0.25, 0.3) is 0 Å². The average molecular weight is 522 g/mol. The van der Waals surface area contributed by atoms with Crippen LogP contribution in [0.1, 0.15) is 55.6 Å². The number of aliphatic carboxylic acids is 1. The molecule has 1 N–H and O–H groups in total. The smallest absolute Gasteiger partial charge is 0.308 e. The zero-order valence-corrected chi connectivity index (χ0v) is 21.5. The van der Waals surface area contributed by atoms with E-state index < -0.39 is 11.2 Å². The fraction of sp³-hybridized carbons (Fsp3) is 0.448. The van der Waals surface area contributed by atoms with Gasteiger partial charge in [0, 0.05) is 24.6 Å². The van der Waals surface area contributed by atoms with Crippen molar-refractivity contribution in [1.29, 1.82) is 0 Å². The highest BCUT2D eigenvalue weighted by atomic mass is 32.2. The summed E-state index contributed by atoms with van der Waals surface area (Å²) < 4.78 is 5.85. The second-order valence-electron chi connectivity index (χ2n) is 10.1. The molecule has 194 valence electrons. The molecule has 1 heterocycles. The highest BCUT2D eigenvalue weighted by Crippen LogP contribution is 2.44. The maximum Gasteiger partial charge on any atom is 0.308 e. The maximum atomic E-state index is 12.9. The Morgan fingerprint density at radius 3 is 2.19 bits per heavy atom. The fourth-order valence-electron chi connectivity index (χ4n) is 5.82. The molecule has 0 bridgehead atoms. The lowest BCUT2D eigenvalue weighted by molar-refractivity contribution is -0.151. The van der Waals surface area contributed by atoms with Crippen molar-refractivity contribution >= 4 is 35.5 Å². The van der Waals surface area contributed by atoms with E-state index in [4.69, 9.17) is 9.84 Å². The van der Waals surface area contributed by atoms with Crippen LogP contribution in [0, 0.1) is 11.8 Å². The molecule has 0 radical (unpaired) electrons. The van der Waals surface area contributed by atoms with E-state index in [1.807, 2.05) is 24.3 Å². The number of amides is 2. The molecule has 1 saturated heterocycles. The van der Waals surface area contributed by atoms with Crippen molar-refractivity contribution in [3.05, 3.63) is 59.7 Å². The second-order valence-corrected chi connectivity index (χ2v) is 11.4. The van der Waals surface area contributed by atoms with Gasteiger partial charge < -0.3 is 9.84 Å². The molecule has 0 spiro atoms. The number of esters is 1. The average Bonchev–Trinajstić information content (AvgIpc) is 3.36. The van der Waals surface area contributed by atoms with Crippen LogP contribution in [-0.2, 0) is 23.9 Å². The summed E-state index contributed by atoms with van der Waals surface area (Å²) in [5.74, 6) is -1.09. The standard InChI is InChI=1S/C29H31NO6S/c31-26-15-25(37-14-13-27(32)33)28(34)30(26)16-18-9-11-19(12-10-18)29(35)36-17-24-22-7-3-1-5-20(22)21-6-2-4-8-23(21)24/h1-8,18-19,24-25H,9-17H2,(H,32,33)/t18?,19?,25-/m0/s1. The number of hydrogen-bond donors (Lipinski definition) is 1. The number of carboxylic acids is 1. The van der Waals surface area contributed by atoms with E-state index in [-0.39, 0.29) is 48.4 Å². The summed E-state index contributed by atoms with van der Waals surface area (Å²) >= 11 is 1.25. The first-order valence-corrected chi connectivity index (χ1v) is 14.0. The lowest BCUT2D eigenvalue weighted by Gasteiger charge is -2.30. The van der Waals surface area contributed by atoms with Gasteiger partial charge >= 0.3 is 11.9 Å². The molecular weight excluding hydrogens is 490 g/mol. The van der Waals surface area contributed by atoms with Crippen LogP contribution < -0.4 is 0 Å². The lowest BCUT2D eigenvalue weighted by Crippen LogP contribution is -2.37. The quantitative estimate of drug-likeness (QED) is 0.383. The molecule has 3 aliphatic rings. The maximum absolute atomic E-state index is 12.9. The fourth-order valence-corrected chi connectivity index (χ4v) is 6.93. The predicted molar refractivity (Wildman–Crippen MR) is 140 cm³/mol. The van der Waals surface area contributed by atoms with Crippen molar-refractivity contribution in [3.63, 3.8) is 0 Å². The summed E-state index contributed by atoms with van der Waals surface area (Å²) in [6.07, 6.45) is 3.02. The van der Waals surface area contributed by atoms with Gasteiger partial charge in [-0.15, -0.1) is 11.8 Å². The number of imide groups is 1. The van der Waals surface area contributed by atoms with E-state index in [0.717, 1.165) is 12.8 Å². The van der Waals surface area contributed by atoms with Crippen LogP contribution in [0.15, 0.2) is 48.5 Å². The molecule has 37 heavy (non-hydrogen) atoms. The molecule has 7 nitrogen and oxygen atoms in total. The van der Waals surface area contributed by atoms with Crippen LogP contribution in [0.5, 0.6) is 0 Å². The molecule has 1 aliphatic heterocycles. The van der Waals surface area contributed by atoms with Crippen molar-refractivity contribution in [2.75, 3.05) is 18.9 Å². The van der Waals surface area contributed by atoms with Crippen LogP contribution in [0.3, 0.4) is 0 Å². The van der Waals surface area contributed by atoms with Gasteiger partial charge in [0.05, 0.1) is 17.6 Å². The molecular formula is C29H31NO6S. The van der Waals surface area contributed by atoms with Gasteiger partial charge in [-0.3, -0.25) is 24.1 Å². The van der Waals surface area contributed by atoms with E-state index in [1.165, 1.54) is 38.9 Å². The lowest BCUT2D eigenvalue weighted by atomic mass is 9.82. The minimum Gasteiger partial charge on any atom is -0.481 e. The van der Waals surface area contributed by atoms with Gasteiger partial charge in [0.15, 0.2) is 0 Å². The normalized spacial score (nSPS) is 23.1. The van der Waals surface area contributed by atoms with Gasteiger partial charge in [0.2, 0.25) is 11.8 Å². The van der Waals surface area contributed by atoms with Gasteiger partial charge in [-0.25, -0.2) is 0 Å². The monoisotopic (exact) mass is 521 g/mol. The topological polar surface area (TPSA) is 101 Å². The number of carboxylic acid groups (broad SMARTS) is 1. The van der Waals surface area contributed by atoms with Crippen LogP contribution in [-0.4, -0.2) is 57.9 Å². The molecule has 0 aromatic heterocycles. The predicted octanol–water partition coefficient (Wildman–Crippen LogP) is 4.48. The van der Waals surface area contributed by atoms with Gasteiger partial charge in [0.1, 0.15) is 6.61 Å². The Morgan fingerprint density at radius 1 is 0.946 bits per heavy atom.